The number of hydrogen-bond donors (Lipinski definition) is 1. The van der Waals surface area contributed by atoms with Crippen LogP contribution in [0.4, 0.5) is 24.5 Å². The van der Waals surface area contributed by atoms with Gasteiger partial charge < -0.3 is 4.57 Å². The Morgan fingerprint density at radius 2 is 1.90 bits per heavy atom. The van der Waals surface area contributed by atoms with Gasteiger partial charge in [-0.15, -0.1) is 0 Å². The van der Waals surface area contributed by atoms with Crippen molar-refractivity contribution >= 4 is 17.6 Å². The molecule has 0 amide bonds. The van der Waals surface area contributed by atoms with Gasteiger partial charge in [0.2, 0.25) is 0 Å². The van der Waals surface area contributed by atoms with Gasteiger partial charge in [0.15, 0.2) is 0 Å². The van der Waals surface area contributed by atoms with Crippen molar-refractivity contribution in [1.29, 1.82) is 0 Å². The summed E-state index contributed by atoms with van der Waals surface area (Å²) in [5.74, 6) is 0. The molecule has 3 aromatic rings. The lowest BCUT2D eigenvalue weighted by atomic mass is 10.1. The number of aromatic nitrogens is 1. The number of hydrazone groups is 1. The first-order valence-electron chi connectivity index (χ1n) is 8.56. The van der Waals surface area contributed by atoms with E-state index in [9.17, 15) is 23.3 Å². The van der Waals surface area contributed by atoms with Crippen molar-refractivity contribution in [2.24, 2.45) is 5.10 Å². The van der Waals surface area contributed by atoms with E-state index < -0.39 is 22.4 Å². The smallest absolute Gasteiger partial charge is 0.315 e. The lowest BCUT2D eigenvalue weighted by Crippen LogP contribution is -2.07. The van der Waals surface area contributed by atoms with Crippen LogP contribution in [-0.4, -0.2) is 15.7 Å². The summed E-state index contributed by atoms with van der Waals surface area (Å²) in [5, 5.41) is 15.1. The monoisotopic (exact) mass is 402 g/mol. The number of nitrogens with zero attached hydrogens (tertiary/aromatic N) is 3. The molecule has 3 rings (SSSR count). The lowest BCUT2D eigenvalue weighted by Gasteiger charge is -2.11. The number of nitro benzene ring substituents is 1. The minimum atomic E-state index is -4.67. The summed E-state index contributed by atoms with van der Waals surface area (Å²) in [5.41, 5.74) is 4.35. The molecule has 0 aliphatic rings. The van der Waals surface area contributed by atoms with Gasteiger partial charge in [-0.2, -0.15) is 18.3 Å². The van der Waals surface area contributed by atoms with Crippen LogP contribution in [0.25, 0.3) is 5.69 Å². The van der Waals surface area contributed by atoms with Gasteiger partial charge in [-0.3, -0.25) is 15.5 Å². The largest absolute Gasteiger partial charge is 0.416 e. The van der Waals surface area contributed by atoms with Crippen molar-refractivity contribution in [1.82, 2.24) is 4.57 Å². The molecule has 0 aliphatic heterocycles. The summed E-state index contributed by atoms with van der Waals surface area (Å²) in [4.78, 5) is 10.3. The van der Waals surface area contributed by atoms with Gasteiger partial charge in [0.1, 0.15) is 5.69 Å². The summed E-state index contributed by atoms with van der Waals surface area (Å²) in [6.45, 7) is 3.97. The van der Waals surface area contributed by atoms with Crippen LogP contribution >= 0.6 is 0 Å². The first-order valence-corrected chi connectivity index (χ1v) is 8.56. The molecule has 1 N–H and O–H groups in total. The van der Waals surface area contributed by atoms with Crippen molar-refractivity contribution < 1.29 is 18.1 Å². The standard InChI is InChI=1S/C20H17F3N4O2/c1-13-5-8-18(14(2)10-13)26-9-3-4-16(26)12-24-25-17-7-6-15(20(21,22)23)11-19(17)27(28)29/h3-12,25H,1-2H3/b24-12-. The maximum absolute atomic E-state index is 12.8. The zero-order chi connectivity index (χ0) is 21.2. The van der Waals surface area contributed by atoms with E-state index in [0.717, 1.165) is 28.9 Å². The van der Waals surface area contributed by atoms with Gasteiger partial charge >= 0.3 is 6.18 Å². The molecular formula is C20H17F3N4O2. The molecule has 2 aromatic carbocycles. The van der Waals surface area contributed by atoms with E-state index in [-0.39, 0.29) is 5.69 Å². The number of benzene rings is 2. The van der Waals surface area contributed by atoms with Gasteiger partial charge in [0.25, 0.3) is 5.69 Å². The topological polar surface area (TPSA) is 72.5 Å². The highest BCUT2D eigenvalue weighted by molar-refractivity contribution is 5.80. The quantitative estimate of drug-likeness (QED) is 0.350. The zero-order valence-electron chi connectivity index (χ0n) is 15.6. The number of alkyl halides is 3. The summed E-state index contributed by atoms with van der Waals surface area (Å²) in [6, 6.07) is 11.8. The molecule has 0 atom stereocenters. The van der Waals surface area contributed by atoms with E-state index in [1.807, 2.05) is 48.9 Å². The zero-order valence-corrected chi connectivity index (χ0v) is 15.6. The highest BCUT2D eigenvalue weighted by atomic mass is 19.4. The molecule has 0 aliphatic carbocycles. The normalized spacial score (nSPS) is 11.8. The van der Waals surface area contributed by atoms with Crippen molar-refractivity contribution in [3.05, 3.63) is 87.2 Å². The molecular weight excluding hydrogens is 385 g/mol. The number of halogens is 3. The van der Waals surface area contributed by atoms with Gasteiger partial charge in [-0.05, 0) is 49.7 Å². The van der Waals surface area contributed by atoms with Crippen LogP contribution in [0.5, 0.6) is 0 Å². The molecule has 29 heavy (non-hydrogen) atoms. The molecule has 0 bridgehead atoms. The third-order valence-electron chi connectivity index (χ3n) is 4.30. The molecule has 0 fully saturated rings. The van der Waals surface area contributed by atoms with Gasteiger partial charge in [-0.25, -0.2) is 0 Å². The fourth-order valence-electron chi connectivity index (χ4n) is 2.92. The number of nitro groups is 1. The molecule has 150 valence electrons. The first-order chi connectivity index (χ1) is 13.7. The van der Waals surface area contributed by atoms with Crippen LogP contribution in [-0.2, 0) is 6.18 Å². The second-order valence-corrected chi connectivity index (χ2v) is 6.45. The van der Waals surface area contributed by atoms with Crippen LogP contribution in [0.15, 0.2) is 59.8 Å². The summed E-state index contributed by atoms with van der Waals surface area (Å²) < 4.78 is 40.3. The third kappa shape index (κ3) is 4.45. The van der Waals surface area contributed by atoms with Crippen LogP contribution in [0, 0.1) is 24.0 Å². The Bertz CT molecular complexity index is 1090. The molecule has 0 saturated heterocycles. The maximum atomic E-state index is 12.8. The predicted octanol–water partition coefficient (Wildman–Crippen LogP) is 5.47. The van der Waals surface area contributed by atoms with Gasteiger partial charge in [0.05, 0.1) is 22.4 Å². The van der Waals surface area contributed by atoms with Crippen molar-refractivity contribution in [2.45, 2.75) is 20.0 Å². The van der Waals surface area contributed by atoms with Gasteiger partial charge in [-0.1, -0.05) is 17.7 Å². The first kappa shape index (κ1) is 20.1. The minimum Gasteiger partial charge on any atom is -0.315 e. The Hall–Kier alpha value is -3.62. The van der Waals surface area contributed by atoms with E-state index in [2.05, 4.69) is 10.5 Å². The highest BCUT2D eigenvalue weighted by Crippen LogP contribution is 2.34. The minimum absolute atomic E-state index is 0.135. The lowest BCUT2D eigenvalue weighted by molar-refractivity contribution is -0.384. The number of hydrogen-bond acceptors (Lipinski definition) is 4. The highest BCUT2D eigenvalue weighted by Gasteiger charge is 2.33. The average Bonchev–Trinajstić information content (AvgIpc) is 3.09. The number of anilines is 1. The SMILES string of the molecule is Cc1ccc(-n2cccc2/C=N\Nc2ccc(C(F)(F)F)cc2[N+](=O)[O-])c(C)c1. The molecule has 1 heterocycles. The number of rotatable bonds is 5. The van der Waals surface area contributed by atoms with E-state index in [1.165, 1.54) is 6.21 Å². The molecule has 0 radical (unpaired) electrons. The number of nitrogens with one attached hydrogen (secondary N) is 1. The molecule has 0 spiro atoms. The third-order valence-corrected chi connectivity index (χ3v) is 4.30. The second kappa shape index (κ2) is 7.78. The summed E-state index contributed by atoms with van der Waals surface area (Å²) >= 11 is 0. The fourth-order valence-corrected chi connectivity index (χ4v) is 2.92. The number of aryl methyl sites for hydroxylation is 2. The second-order valence-electron chi connectivity index (χ2n) is 6.45. The van der Waals surface area contributed by atoms with E-state index in [4.69, 9.17) is 0 Å². The Morgan fingerprint density at radius 1 is 1.14 bits per heavy atom. The molecule has 9 heteroatoms. The van der Waals surface area contributed by atoms with E-state index in [0.29, 0.717) is 11.8 Å². The van der Waals surface area contributed by atoms with Crippen molar-refractivity contribution in [2.75, 3.05) is 5.43 Å². The predicted molar refractivity (Wildman–Crippen MR) is 105 cm³/mol. The van der Waals surface area contributed by atoms with Crippen LogP contribution in [0.3, 0.4) is 0 Å². The maximum Gasteiger partial charge on any atom is 0.416 e. The molecule has 1 aromatic heterocycles. The van der Waals surface area contributed by atoms with Crippen LogP contribution in [0.2, 0.25) is 0 Å². The van der Waals surface area contributed by atoms with Crippen molar-refractivity contribution in [3.63, 3.8) is 0 Å². The molecule has 0 unspecified atom stereocenters. The van der Waals surface area contributed by atoms with Gasteiger partial charge in [0, 0.05) is 18.0 Å². The summed E-state index contributed by atoms with van der Waals surface area (Å²) in [7, 11) is 0. The van der Waals surface area contributed by atoms with Crippen molar-refractivity contribution in [3.8, 4) is 5.69 Å². The molecule has 0 saturated carbocycles. The van der Waals surface area contributed by atoms with E-state index >= 15 is 0 Å². The van der Waals surface area contributed by atoms with Crippen LogP contribution in [0.1, 0.15) is 22.4 Å². The Balaban J connectivity index is 1.86. The Morgan fingerprint density at radius 3 is 2.55 bits per heavy atom. The fraction of sp³-hybridized carbons (Fsp3) is 0.150. The Kier molecular flexibility index (Phi) is 5.40. The summed E-state index contributed by atoms with van der Waals surface area (Å²) in [6.07, 6.45) is -1.38. The average molecular weight is 402 g/mol. The van der Waals surface area contributed by atoms with Crippen LogP contribution < -0.4 is 5.43 Å². The molecule has 6 nitrogen and oxygen atoms in total. The van der Waals surface area contributed by atoms with E-state index in [1.54, 1.807) is 6.07 Å². The Labute approximate surface area is 164 Å².